The van der Waals surface area contributed by atoms with Crippen LogP contribution in [0, 0.1) is 12.8 Å². The number of methoxy groups -OCH3 is 1. The summed E-state index contributed by atoms with van der Waals surface area (Å²) in [6.45, 7) is 3.12. The fourth-order valence-corrected chi connectivity index (χ4v) is 2.80. The molecule has 0 aromatic heterocycles. The van der Waals surface area contributed by atoms with E-state index in [0.29, 0.717) is 24.5 Å². The van der Waals surface area contributed by atoms with Gasteiger partial charge in [0.2, 0.25) is 5.91 Å². The Kier molecular flexibility index (Phi) is 5.47. The highest BCUT2D eigenvalue weighted by Crippen LogP contribution is 2.27. The van der Waals surface area contributed by atoms with Crippen molar-refractivity contribution in [2.75, 3.05) is 39.6 Å². The fraction of sp³-hybridized carbons (Fsp3) is 0.529. The Bertz CT molecular complexity index is 586. The minimum Gasteiger partial charge on any atom is -0.495 e. The number of aryl methyl sites for hydroxylation is 1. The van der Waals surface area contributed by atoms with Crippen LogP contribution in [0.1, 0.15) is 18.4 Å². The highest BCUT2D eigenvalue weighted by molar-refractivity contribution is 5.94. The summed E-state index contributed by atoms with van der Waals surface area (Å²) in [4.78, 5) is 27.9. The van der Waals surface area contributed by atoms with Gasteiger partial charge in [-0.3, -0.25) is 4.79 Å². The maximum Gasteiger partial charge on any atom is 0.319 e. The molecule has 1 aliphatic rings. The van der Waals surface area contributed by atoms with Crippen molar-refractivity contribution >= 4 is 17.6 Å². The first-order valence-corrected chi connectivity index (χ1v) is 7.84. The number of urea groups is 1. The third kappa shape index (κ3) is 4.15. The third-order valence-electron chi connectivity index (χ3n) is 4.06. The first-order chi connectivity index (χ1) is 10.9. The zero-order valence-corrected chi connectivity index (χ0v) is 14.3. The van der Waals surface area contributed by atoms with Gasteiger partial charge < -0.3 is 19.9 Å². The highest BCUT2D eigenvalue weighted by atomic mass is 16.5. The normalized spacial score (nSPS) is 17.6. The third-order valence-corrected chi connectivity index (χ3v) is 4.06. The minimum absolute atomic E-state index is 0.0457. The highest BCUT2D eigenvalue weighted by Gasteiger charge is 2.29. The predicted octanol–water partition coefficient (Wildman–Crippen LogP) is 2.34. The van der Waals surface area contributed by atoms with Crippen molar-refractivity contribution in [3.8, 4) is 5.75 Å². The Hall–Kier alpha value is -2.24. The number of hydrogen-bond donors (Lipinski definition) is 1. The summed E-state index contributed by atoms with van der Waals surface area (Å²) in [5.74, 6) is 0.379. The van der Waals surface area contributed by atoms with E-state index in [0.717, 1.165) is 18.4 Å². The van der Waals surface area contributed by atoms with Crippen LogP contribution in [-0.4, -0.2) is 56.0 Å². The van der Waals surface area contributed by atoms with Gasteiger partial charge in [0, 0.05) is 27.2 Å². The van der Waals surface area contributed by atoms with Gasteiger partial charge in [-0.2, -0.15) is 0 Å². The van der Waals surface area contributed by atoms with Gasteiger partial charge in [-0.25, -0.2) is 4.79 Å². The van der Waals surface area contributed by atoms with Gasteiger partial charge in [0.15, 0.2) is 0 Å². The van der Waals surface area contributed by atoms with Gasteiger partial charge in [0.1, 0.15) is 5.75 Å². The number of hydrogen-bond acceptors (Lipinski definition) is 3. The quantitative estimate of drug-likeness (QED) is 0.930. The maximum absolute atomic E-state index is 12.6. The van der Waals surface area contributed by atoms with E-state index in [1.165, 1.54) is 0 Å². The molecule has 1 heterocycles. The van der Waals surface area contributed by atoms with E-state index in [4.69, 9.17) is 4.74 Å². The lowest BCUT2D eigenvalue weighted by Gasteiger charge is -2.33. The van der Waals surface area contributed by atoms with Gasteiger partial charge in [0.25, 0.3) is 0 Å². The second-order valence-corrected chi connectivity index (χ2v) is 6.16. The van der Waals surface area contributed by atoms with E-state index in [1.807, 2.05) is 25.1 Å². The lowest BCUT2D eigenvalue weighted by atomic mass is 9.97. The Labute approximate surface area is 137 Å². The summed E-state index contributed by atoms with van der Waals surface area (Å²) in [7, 11) is 5.03. The molecule has 1 N–H and O–H groups in total. The lowest BCUT2D eigenvalue weighted by Crippen LogP contribution is -2.47. The van der Waals surface area contributed by atoms with Crippen molar-refractivity contribution in [1.82, 2.24) is 9.80 Å². The monoisotopic (exact) mass is 319 g/mol. The summed E-state index contributed by atoms with van der Waals surface area (Å²) in [6, 6.07) is 5.62. The zero-order valence-electron chi connectivity index (χ0n) is 14.3. The number of piperidine rings is 1. The topological polar surface area (TPSA) is 61.9 Å². The summed E-state index contributed by atoms with van der Waals surface area (Å²) in [5.41, 5.74) is 1.72. The van der Waals surface area contributed by atoms with E-state index in [9.17, 15) is 9.59 Å². The van der Waals surface area contributed by atoms with E-state index in [2.05, 4.69) is 5.32 Å². The number of anilines is 1. The van der Waals surface area contributed by atoms with E-state index in [-0.39, 0.29) is 17.9 Å². The Morgan fingerprint density at radius 1 is 1.35 bits per heavy atom. The first-order valence-electron chi connectivity index (χ1n) is 7.84. The van der Waals surface area contributed by atoms with Crippen molar-refractivity contribution in [2.45, 2.75) is 19.8 Å². The SMILES string of the molecule is COc1ccc(C)cc1NC(=O)C1CCCN(C(=O)N(C)C)C1. The summed E-state index contributed by atoms with van der Waals surface area (Å²) in [6.07, 6.45) is 1.62. The largest absolute Gasteiger partial charge is 0.495 e. The van der Waals surface area contributed by atoms with Crippen LogP contribution >= 0.6 is 0 Å². The average molecular weight is 319 g/mol. The summed E-state index contributed by atoms with van der Waals surface area (Å²) >= 11 is 0. The summed E-state index contributed by atoms with van der Waals surface area (Å²) in [5, 5.41) is 2.95. The zero-order chi connectivity index (χ0) is 17.0. The molecule has 0 saturated carbocycles. The molecule has 23 heavy (non-hydrogen) atoms. The van der Waals surface area contributed by atoms with Crippen molar-refractivity contribution in [3.05, 3.63) is 23.8 Å². The molecular weight excluding hydrogens is 294 g/mol. The predicted molar refractivity (Wildman–Crippen MR) is 89.7 cm³/mol. The second-order valence-electron chi connectivity index (χ2n) is 6.16. The number of rotatable bonds is 3. The van der Waals surface area contributed by atoms with Crippen LogP contribution in [-0.2, 0) is 4.79 Å². The van der Waals surface area contributed by atoms with Gasteiger partial charge >= 0.3 is 6.03 Å². The van der Waals surface area contributed by atoms with Crippen LogP contribution in [0.3, 0.4) is 0 Å². The number of amides is 3. The first kappa shape index (κ1) is 17.1. The number of carbonyl (C=O) groups excluding carboxylic acids is 2. The molecule has 0 radical (unpaired) electrons. The molecule has 6 nitrogen and oxygen atoms in total. The molecule has 6 heteroatoms. The number of ether oxygens (including phenoxy) is 1. The lowest BCUT2D eigenvalue weighted by molar-refractivity contribution is -0.121. The van der Waals surface area contributed by atoms with Crippen LogP contribution < -0.4 is 10.1 Å². The molecule has 2 rings (SSSR count). The standard InChI is InChI=1S/C17H25N3O3/c1-12-7-8-15(23-4)14(10-12)18-16(21)13-6-5-9-20(11-13)17(22)19(2)3/h7-8,10,13H,5-6,9,11H2,1-4H3,(H,18,21). The van der Waals surface area contributed by atoms with Crippen molar-refractivity contribution < 1.29 is 14.3 Å². The van der Waals surface area contributed by atoms with Crippen LogP contribution in [0.4, 0.5) is 10.5 Å². The smallest absolute Gasteiger partial charge is 0.319 e. The molecule has 3 amide bonds. The molecular formula is C17H25N3O3. The Morgan fingerprint density at radius 3 is 2.74 bits per heavy atom. The molecule has 1 aliphatic heterocycles. The average Bonchev–Trinajstić information content (AvgIpc) is 2.54. The number of likely N-dealkylation sites (tertiary alicyclic amines) is 1. The van der Waals surface area contributed by atoms with Crippen LogP contribution in [0.15, 0.2) is 18.2 Å². The number of nitrogens with zero attached hydrogens (tertiary/aromatic N) is 2. The molecule has 1 aromatic carbocycles. The molecule has 1 atom stereocenters. The van der Waals surface area contributed by atoms with Crippen LogP contribution in [0.5, 0.6) is 5.75 Å². The van der Waals surface area contributed by atoms with Crippen molar-refractivity contribution in [3.63, 3.8) is 0 Å². The van der Waals surface area contributed by atoms with Crippen LogP contribution in [0.2, 0.25) is 0 Å². The van der Waals surface area contributed by atoms with Crippen molar-refractivity contribution in [2.24, 2.45) is 5.92 Å². The molecule has 0 aliphatic carbocycles. The molecule has 0 bridgehead atoms. The van der Waals surface area contributed by atoms with E-state index >= 15 is 0 Å². The minimum atomic E-state index is -0.196. The Balaban J connectivity index is 2.06. The molecule has 1 fully saturated rings. The molecule has 1 unspecified atom stereocenters. The number of benzene rings is 1. The molecule has 1 saturated heterocycles. The fourth-order valence-electron chi connectivity index (χ4n) is 2.80. The van der Waals surface area contributed by atoms with E-state index in [1.54, 1.807) is 31.0 Å². The number of nitrogens with one attached hydrogen (secondary N) is 1. The molecule has 1 aromatic rings. The van der Waals surface area contributed by atoms with Gasteiger partial charge in [-0.05, 0) is 37.5 Å². The number of carbonyl (C=O) groups is 2. The Morgan fingerprint density at radius 2 is 2.09 bits per heavy atom. The summed E-state index contributed by atoms with van der Waals surface area (Å²) < 4.78 is 5.29. The van der Waals surface area contributed by atoms with Gasteiger partial charge in [-0.1, -0.05) is 6.07 Å². The van der Waals surface area contributed by atoms with Gasteiger partial charge in [0.05, 0.1) is 18.7 Å². The van der Waals surface area contributed by atoms with Crippen molar-refractivity contribution in [1.29, 1.82) is 0 Å². The second kappa shape index (κ2) is 7.35. The maximum atomic E-state index is 12.6. The molecule has 0 spiro atoms. The van der Waals surface area contributed by atoms with E-state index < -0.39 is 0 Å². The molecule has 126 valence electrons. The van der Waals surface area contributed by atoms with Crippen LogP contribution in [0.25, 0.3) is 0 Å². The van der Waals surface area contributed by atoms with Gasteiger partial charge in [-0.15, -0.1) is 0 Å².